The number of halogens is 2. The number of rotatable bonds is 4. The highest BCUT2D eigenvalue weighted by Crippen LogP contribution is 2.31. The molecule has 2 rings (SSSR count). The standard InChI is InChI=1S/C13H12Br2N2O2S/c14-11-6-10(7-12(15)13(11)16)20(18,19)17-8-9-4-2-1-3-5-9/h1-7,17H,8,16H2. The molecule has 0 aliphatic heterocycles. The molecule has 0 unspecified atom stereocenters. The lowest BCUT2D eigenvalue weighted by Crippen LogP contribution is -2.23. The van der Waals surface area contributed by atoms with Crippen molar-refractivity contribution in [3.63, 3.8) is 0 Å². The topological polar surface area (TPSA) is 72.2 Å². The molecule has 2 aromatic rings. The van der Waals surface area contributed by atoms with Crippen LogP contribution in [0.4, 0.5) is 5.69 Å². The third kappa shape index (κ3) is 3.60. The van der Waals surface area contributed by atoms with Crippen LogP contribution in [0.25, 0.3) is 0 Å². The fourth-order valence-corrected chi connectivity index (χ4v) is 4.13. The molecule has 0 bridgehead atoms. The lowest BCUT2D eigenvalue weighted by atomic mass is 10.2. The Morgan fingerprint density at radius 2 is 1.60 bits per heavy atom. The Kier molecular flexibility index (Phi) is 4.85. The fraction of sp³-hybridized carbons (Fsp3) is 0.0769. The SMILES string of the molecule is Nc1c(Br)cc(S(=O)(=O)NCc2ccccc2)cc1Br. The van der Waals surface area contributed by atoms with Crippen molar-refractivity contribution in [2.75, 3.05) is 5.73 Å². The van der Waals surface area contributed by atoms with Gasteiger partial charge in [-0.05, 0) is 49.6 Å². The van der Waals surface area contributed by atoms with Gasteiger partial charge < -0.3 is 5.73 Å². The van der Waals surface area contributed by atoms with Crippen LogP contribution in [0, 0.1) is 0 Å². The highest BCUT2D eigenvalue weighted by Gasteiger charge is 2.16. The molecule has 0 radical (unpaired) electrons. The van der Waals surface area contributed by atoms with Gasteiger partial charge >= 0.3 is 0 Å². The number of nitrogens with two attached hydrogens (primary N) is 1. The molecule has 0 heterocycles. The lowest BCUT2D eigenvalue weighted by Gasteiger charge is -2.09. The quantitative estimate of drug-likeness (QED) is 0.747. The average Bonchev–Trinajstić information content (AvgIpc) is 2.43. The van der Waals surface area contributed by atoms with E-state index in [9.17, 15) is 8.42 Å². The number of benzene rings is 2. The minimum atomic E-state index is -3.59. The maximum absolute atomic E-state index is 12.2. The highest BCUT2D eigenvalue weighted by molar-refractivity contribution is 9.11. The second-order valence-electron chi connectivity index (χ2n) is 4.11. The Morgan fingerprint density at radius 1 is 1.05 bits per heavy atom. The Morgan fingerprint density at radius 3 is 2.15 bits per heavy atom. The van der Waals surface area contributed by atoms with Gasteiger partial charge in [0.25, 0.3) is 0 Å². The van der Waals surface area contributed by atoms with E-state index in [4.69, 9.17) is 5.73 Å². The molecule has 0 saturated carbocycles. The first-order valence-corrected chi connectivity index (χ1v) is 8.75. The predicted octanol–water partition coefficient (Wildman–Crippen LogP) is 3.27. The molecule has 0 saturated heterocycles. The summed E-state index contributed by atoms with van der Waals surface area (Å²) >= 11 is 6.48. The summed E-state index contributed by atoms with van der Waals surface area (Å²) in [7, 11) is -3.59. The molecule has 7 heteroatoms. The summed E-state index contributed by atoms with van der Waals surface area (Å²) in [4.78, 5) is 0.154. The van der Waals surface area contributed by atoms with Crippen LogP contribution in [0.1, 0.15) is 5.56 Å². The van der Waals surface area contributed by atoms with E-state index in [1.54, 1.807) is 0 Å². The summed E-state index contributed by atoms with van der Waals surface area (Å²) in [5.41, 5.74) is 7.11. The summed E-state index contributed by atoms with van der Waals surface area (Å²) in [5, 5.41) is 0. The number of hydrogen-bond donors (Lipinski definition) is 2. The molecule has 3 N–H and O–H groups in total. The van der Waals surface area contributed by atoms with Gasteiger partial charge in [-0.2, -0.15) is 0 Å². The van der Waals surface area contributed by atoms with E-state index in [-0.39, 0.29) is 11.4 Å². The molecule has 0 aromatic heterocycles. The van der Waals surface area contributed by atoms with Gasteiger partial charge in [0.2, 0.25) is 10.0 Å². The molecule has 106 valence electrons. The summed E-state index contributed by atoms with van der Waals surface area (Å²) in [5.74, 6) is 0. The maximum Gasteiger partial charge on any atom is 0.240 e. The molecule has 0 aliphatic rings. The molecule has 4 nitrogen and oxygen atoms in total. The van der Waals surface area contributed by atoms with E-state index in [1.807, 2.05) is 30.3 Å². The molecular formula is C13H12Br2N2O2S. The molecule has 2 aromatic carbocycles. The zero-order valence-electron chi connectivity index (χ0n) is 10.3. The van der Waals surface area contributed by atoms with Crippen LogP contribution in [0.5, 0.6) is 0 Å². The van der Waals surface area contributed by atoms with Crippen LogP contribution in [0.15, 0.2) is 56.3 Å². The summed E-state index contributed by atoms with van der Waals surface area (Å²) < 4.78 is 28.1. The Labute approximate surface area is 134 Å². The van der Waals surface area contributed by atoms with Crippen molar-refractivity contribution < 1.29 is 8.42 Å². The molecule has 0 spiro atoms. The maximum atomic E-state index is 12.2. The first kappa shape index (κ1) is 15.5. The van der Waals surface area contributed by atoms with Crippen molar-refractivity contribution in [3.05, 3.63) is 57.0 Å². The largest absolute Gasteiger partial charge is 0.397 e. The van der Waals surface area contributed by atoms with Gasteiger partial charge in [0.15, 0.2) is 0 Å². The molecule has 0 fully saturated rings. The van der Waals surface area contributed by atoms with E-state index in [1.165, 1.54) is 12.1 Å². The normalized spacial score (nSPS) is 11.5. The number of nitrogen functional groups attached to an aromatic ring is 1. The first-order valence-electron chi connectivity index (χ1n) is 5.68. The van der Waals surface area contributed by atoms with Crippen LogP contribution in [-0.4, -0.2) is 8.42 Å². The third-order valence-electron chi connectivity index (χ3n) is 2.67. The molecular weight excluding hydrogens is 408 g/mol. The Hall–Kier alpha value is -0.890. The number of hydrogen-bond acceptors (Lipinski definition) is 3. The minimum Gasteiger partial charge on any atom is -0.397 e. The number of nitrogens with one attached hydrogen (secondary N) is 1. The zero-order valence-corrected chi connectivity index (χ0v) is 14.3. The van der Waals surface area contributed by atoms with Gasteiger partial charge in [-0.1, -0.05) is 30.3 Å². The molecule has 0 amide bonds. The summed E-state index contributed by atoms with van der Waals surface area (Å²) in [6, 6.07) is 12.3. The second-order valence-corrected chi connectivity index (χ2v) is 7.59. The van der Waals surface area contributed by atoms with Crippen molar-refractivity contribution in [1.29, 1.82) is 0 Å². The number of anilines is 1. The van der Waals surface area contributed by atoms with Crippen LogP contribution >= 0.6 is 31.9 Å². The van der Waals surface area contributed by atoms with Crippen LogP contribution < -0.4 is 10.5 Å². The predicted molar refractivity (Wildman–Crippen MR) is 86.7 cm³/mol. The van der Waals surface area contributed by atoms with Gasteiger partial charge in [-0.25, -0.2) is 13.1 Å². The first-order chi connectivity index (χ1) is 9.40. The van der Waals surface area contributed by atoms with Gasteiger partial charge in [-0.15, -0.1) is 0 Å². The van der Waals surface area contributed by atoms with Crippen LogP contribution in [-0.2, 0) is 16.6 Å². The third-order valence-corrected chi connectivity index (χ3v) is 5.36. The van der Waals surface area contributed by atoms with Gasteiger partial charge in [0.05, 0.1) is 10.6 Å². The van der Waals surface area contributed by atoms with Crippen molar-refractivity contribution in [2.24, 2.45) is 0 Å². The average molecular weight is 420 g/mol. The Bertz CT molecular complexity index is 695. The van der Waals surface area contributed by atoms with E-state index < -0.39 is 10.0 Å². The summed E-state index contributed by atoms with van der Waals surface area (Å²) in [6.45, 7) is 0.239. The van der Waals surface area contributed by atoms with Gasteiger partial charge in [-0.3, -0.25) is 0 Å². The summed E-state index contributed by atoms with van der Waals surface area (Å²) in [6.07, 6.45) is 0. The van der Waals surface area contributed by atoms with Crippen molar-refractivity contribution in [3.8, 4) is 0 Å². The smallest absolute Gasteiger partial charge is 0.240 e. The molecule has 0 atom stereocenters. The molecule has 0 aliphatic carbocycles. The van der Waals surface area contributed by atoms with Crippen LogP contribution in [0.2, 0.25) is 0 Å². The van der Waals surface area contributed by atoms with E-state index in [2.05, 4.69) is 36.6 Å². The van der Waals surface area contributed by atoms with Crippen molar-refractivity contribution in [1.82, 2.24) is 4.72 Å². The zero-order chi connectivity index (χ0) is 14.8. The van der Waals surface area contributed by atoms with Crippen molar-refractivity contribution in [2.45, 2.75) is 11.4 Å². The van der Waals surface area contributed by atoms with Gasteiger partial charge in [0, 0.05) is 15.5 Å². The lowest BCUT2D eigenvalue weighted by molar-refractivity contribution is 0.581. The van der Waals surface area contributed by atoms with Gasteiger partial charge in [0.1, 0.15) is 0 Å². The van der Waals surface area contributed by atoms with E-state index >= 15 is 0 Å². The molecule has 20 heavy (non-hydrogen) atoms. The number of sulfonamides is 1. The van der Waals surface area contributed by atoms with E-state index in [0.29, 0.717) is 14.6 Å². The van der Waals surface area contributed by atoms with Crippen molar-refractivity contribution >= 4 is 47.6 Å². The highest BCUT2D eigenvalue weighted by atomic mass is 79.9. The van der Waals surface area contributed by atoms with Crippen LogP contribution in [0.3, 0.4) is 0 Å². The second kappa shape index (κ2) is 6.26. The monoisotopic (exact) mass is 418 g/mol. The minimum absolute atomic E-state index is 0.154. The Balaban J connectivity index is 2.23. The fourth-order valence-electron chi connectivity index (χ4n) is 1.57. The van der Waals surface area contributed by atoms with E-state index in [0.717, 1.165) is 5.56 Å².